The van der Waals surface area contributed by atoms with Crippen LogP contribution in [-0.4, -0.2) is 146 Å². The molecule has 0 aromatic heterocycles. The van der Waals surface area contributed by atoms with Crippen LogP contribution in [0.4, 0.5) is 52.7 Å². The molecular formula is C22H42F12N4O7S2. The maximum Gasteiger partial charge on any atom is 0.427 e. The van der Waals surface area contributed by atoms with E-state index in [1.165, 1.54) is 13.8 Å². The van der Waals surface area contributed by atoms with E-state index in [1.54, 1.807) is 18.7 Å². The first-order valence-corrected chi connectivity index (χ1v) is 16.2. The number of hydroxylamine groups is 3. The molecule has 0 aromatic carbocycles. The fourth-order valence-electron chi connectivity index (χ4n) is 3.15. The number of hydrogen-bond donors (Lipinski definition) is 2. The largest absolute Gasteiger partial charge is 0.633 e. The first kappa shape index (κ1) is 50.2. The van der Waals surface area contributed by atoms with Crippen molar-refractivity contribution in [2.45, 2.75) is 75.7 Å². The third kappa shape index (κ3) is 11.1. The Labute approximate surface area is 265 Å². The zero-order chi connectivity index (χ0) is 38.9. The van der Waals surface area contributed by atoms with E-state index in [1.807, 2.05) is 0 Å². The van der Waals surface area contributed by atoms with Gasteiger partial charge < -0.3 is 14.8 Å². The highest BCUT2D eigenvalue weighted by Gasteiger charge is 2.77. The van der Waals surface area contributed by atoms with E-state index in [9.17, 15) is 74.7 Å². The lowest BCUT2D eigenvalue weighted by Crippen LogP contribution is -2.60. The molecule has 0 aromatic rings. The summed E-state index contributed by atoms with van der Waals surface area (Å²) in [7, 11) is -10.9. The summed E-state index contributed by atoms with van der Waals surface area (Å²) >= 11 is 0. The van der Waals surface area contributed by atoms with E-state index in [2.05, 4.69) is 0 Å². The van der Waals surface area contributed by atoms with Gasteiger partial charge in [-0.05, 0) is 26.9 Å². The molecule has 0 saturated heterocycles. The van der Waals surface area contributed by atoms with Gasteiger partial charge in [0.1, 0.15) is 0 Å². The van der Waals surface area contributed by atoms with Gasteiger partial charge >= 0.3 is 34.2 Å². The van der Waals surface area contributed by atoms with E-state index >= 15 is 0 Å². The van der Waals surface area contributed by atoms with Crippen LogP contribution >= 0.6 is 0 Å². The molecule has 0 bridgehead atoms. The van der Waals surface area contributed by atoms with Crippen LogP contribution < -0.4 is 0 Å². The van der Waals surface area contributed by atoms with Crippen LogP contribution in [0.15, 0.2) is 0 Å². The number of hydrogen-bond acceptors (Lipinski definition) is 8. The molecule has 0 fully saturated rings. The Bertz CT molecular complexity index is 1150. The number of rotatable bonds is 18. The van der Waals surface area contributed by atoms with Crippen molar-refractivity contribution in [3.8, 4) is 0 Å². The highest BCUT2D eigenvalue weighted by Crippen LogP contribution is 2.50. The van der Waals surface area contributed by atoms with E-state index < -0.39 is 92.4 Å². The summed E-state index contributed by atoms with van der Waals surface area (Å²) in [6.07, 6.45) is 0. The number of alkyl halides is 12. The van der Waals surface area contributed by atoms with Gasteiger partial charge in [-0.1, -0.05) is 13.8 Å². The molecule has 2 N–H and O–H groups in total. The SMILES string of the molecule is CCN(CC)CCN(C)S(=O)(=O)C(F)(F)C(F)(F)C(C)(F)F.CC[N+]([O-])(CC)CCN(C)S(=O)(=O)C(F)(F)C(F)(F)C(C)(F)F.OO. The van der Waals surface area contributed by atoms with Crippen LogP contribution in [0.1, 0.15) is 41.5 Å². The molecule has 0 aliphatic carbocycles. The molecule has 0 amide bonds. The van der Waals surface area contributed by atoms with Crippen molar-refractivity contribution >= 4 is 20.0 Å². The maximum absolute atomic E-state index is 13.6. The second-order valence-electron chi connectivity index (χ2n) is 10.1. The second-order valence-corrected chi connectivity index (χ2v) is 14.2. The fraction of sp³-hybridized carbons (Fsp3) is 1.00. The van der Waals surface area contributed by atoms with Crippen molar-refractivity contribution in [3.63, 3.8) is 0 Å². The summed E-state index contributed by atoms with van der Waals surface area (Å²) in [5.74, 6) is -22.6. The quantitative estimate of drug-likeness (QED) is 0.0863. The van der Waals surface area contributed by atoms with E-state index in [4.69, 9.17) is 10.5 Å². The van der Waals surface area contributed by atoms with Crippen molar-refractivity contribution < 1.29 is 84.7 Å². The summed E-state index contributed by atoms with van der Waals surface area (Å²) in [5.41, 5.74) is 0. The smallest absolute Gasteiger partial charge is 0.427 e. The molecule has 25 heteroatoms. The Hall–Kier alpha value is -1.22. The lowest BCUT2D eigenvalue weighted by molar-refractivity contribution is -0.876. The zero-order valence-corrected chi connectivity index (χ0v) is 28.4. The van der Waals surface area contributed by atoms with Gasteiger partial charge in [0.2, 0.25) is 0 Å². The average Bonchev–Trinajstić information content (AvgIpc) is 2.95. The summed E-state index contributed by atoms with van der Waals surface area (Å²) in [4.78, 5) is 1.66. The van der Waals surface area contributed by atoms with Gasteiger partial charge in [-0.15, -0.1) is 0 Å². The molecule has 288 valence electrons. The van der Waals surface area contributed by atoms with Gasteiger partial charge in [-0.3, -0.25) is 10.5 Å². The van der Waals surface area contributed by atoms with Gasteiger partial charge in [-0.2, -0.15) is 61.3 Å². The summed E-state index contributed by atoms with van der Waals surface area (Å²) in [6.45, 7) is 4.66. The third-order valence-electron chi connectivity index (χ3n) is 6.90. The maximum atomic E-state index is 13.6. The molecule has 11 nitrogen and oxygen atoms in total. The van der Waals surface area contributed by atoms with Crippen LogP contribution in [0.3, 0.4) is 0 Å². The monoisotopic (exact) mass is 766 g/mol. The molecule has 0 heterocycles. The minimum Gasteiger partial charge on any atom is -0.633 e. The standard InChI is InChI=1S/C11H20F6N2O3S.C11H20F6N2O2S.H2O2/c1-5-19(20,6-2)8-7-18(4)23(21,22)11(16,17)10(14,15)9(3,12)13;1-5-19(6-2)8-7-18(4)22(20,21)11(16,17)10(14,15)9(3,12)13;1-2/h5-8H2,1-4H3;5-8H2,1-4H3;1-2H. The highest BCUT2D eigenvalue weighted by atomic mass is 32.2. The third-order valence-corrected chi connectivity index (χ3v) is 10.7. The molecule has 0 rings (SSSR count). The minimum absolute atomic E-state index is 0.00394. The van der Waals surface area contributed by atoms with E-state index in [0.29, 0.717) is 27.2 Å². The van der Waals surface area contributed by atoms with Crippen molar-refractivity contribution in [1.82, 2.24) is 13.5 Å². The molecule has 0 unspecified atom stereocenters. The molecule has 0 spiro atoms. The summed E-state index contributed by atoms with van der Waals surface area (Å²) in [5, 5.41) is 12.0. The number of quaternary nitrogens is 1. The number of likely N-dealkylation sites (N-methyl/N-ethyl adjacent to an activating group) is 4. The summed E-state index contributed by atoms with van der Waals surface area (Å²) < 4.78 is 203. The molecule has 0 aliphatic heterocycles. The molecule has 0 aliphatic rings. The van der Waals surface area contributed by atoms with Crippen molar-refractivity contribution in [2.24, 2.45) is 0 Å². The van der Waals surface area contributed by atoms with Gasteiger partial charge in [0, 0.05) is 41.0 Å². The number of sulfonamides is 2. The average molecular weight is 767 g/mol. The van der Waals surface area contributed by atoms with Gasteiger partial charge in [-0.25, -0.2) is 16.8 Å². The minimum atomic E-state index is -6.11. The number of nitrogens with zero attached hydrogens (tertiary/aromatic N) is 4. The second kappa shape index (κ2) is 17.6. The zero-order valence-electron chi connectivity index (χ0n) is 26.7. The van der Waals surface area contributed by atoms with E-state index in [-0.39, 0.29) is 28.2 Å². The van der Waals surface area contributed by atoms with Gasteiger partial charge in [0.25, 0.3) is 20.0 Å². The Kier molecular flexibility index (Phi) is 18.8. The first-order valence-electron chi connectivity index (χ1n) is 13.3. The van der Waals surface area contributed by atoms with Crippen molar-refractivity contribution in [3.05, 3.63) is 5.21 Å². The Morgan fingerprint density at radius 3 is 1.11 bits per heavy atom. The van der Waals surface area contributed by atoms with E-state index in [0.717, 1.165) is 0 Å². The Morgan fingerprint density at radius 1 is 0.596 bits per heavy atom. The molecular weight excluding hydrogens is 724 g/mol. The van der Waals surface area contributed by atoms with Crippen LogP contribution in [0.25, 0.3) is 0 Å². The molecule has 0 saturated carbocycles. The summed E-state index contributed by atoms with van der Waals surface area (Å²) in [6, 6.07) is 0. The predicted octanol–water partition coefficient (Wildman–Crippen LogP) is 4.98. The molecule has 0 radical (unpaired) electrons. The normalized spacial score (nSPS) is 14.6. The van der Waals surface area contributed by atoms with Crippen LogP contribution in [-0.2, 0) is 20.0 Å². The fourth-order valence-corrected chi connectivity index (χ4v) is 5.59. The van der Waals surface area contributed by atoms with Gasteiger partial charge in [0.15, 0.2) is 0 Å². The lowest BCUT2D eigenvalue weighted by Gasteiger charge is -2.42. The van der Waals surface area contributed by atoms with Crippen LogP contribution in [0.5, 0.6) is 0 Å². The first-order chi connectivity index (χ1) is 20.7. The number of halogens is 12. The van der Waals surface area contributed by atoms with Crippen molar-refractivity contribution in [2.75, 3.05) is 66.5 Å². The molecule has 47 heavy (non-hydrogen) atoms. The highest BCUT2D eigenvalue weighted by molar-refractivity contribution is 7.90. The van der Waals surface area contributed by atoms with Crippen LogP contribution in [0, 0.1) is 5.21 Å². The Balaban J connectivity index is -0.000000783. The lowest BCUT2D eigenvalue weighted by atomic mass is 10.2. The van der Waals surface area contributed by atoms with Crippen molar-refractivity contribution in [1.29, 1.82) is 0 Å². The van der Waals surface area contributed by atoms with Gasteiger partial charge in [0.05, 0.1) is 26.2 Å². The Morgan fingerprint density at radius 2 is 0.872 bits per heavy atom. The van der Waals surface area contributed by atoms with Crippen LogP contribution in [0.2, 0.25) is 0 Å². The predicted molar refractivity (Wildman–Crippen MR) is 147 cm³/mol. The molecule has 0 atom stereocenters. The topological polar surface area (TPSA) is 142 Å².